The number of carbonyl (C=O) groups is 2. The van der Waals surface area contributed by atoms with Gasteiger partial charge < -0.3 is 22.1 Å². The van der Waals surface area contributed by atoms with Gasteiger partial charge in [-0.15, -0.1) is 0 Å². The first-order valence-electron chi connectivity index (χ1n) is 1.90. The van der Waals surface area contributed by atoms with E-state index < -0.39 is 12.0 Å². The van der Waals surface area contributed by atoms with Gasteiger partial charge in [-0.1, -0.05) is 0 Å². The fourth-order valence-corrected chi connectivity index (χ4v) is 0. The van der Waals surface area contributed by atoms with Gasteiger partial charge in [-0.3, -0.25) is 5.41 Å². The van der Waals surface area contributed by atoms with Crippen molar-refractivity contribution in [2.45, 2.75) is 0 Å². The molecule has 11 heavy (non-hydrogen) atoms. The summed E-state index contributed by atoms with van der Waals surface area (Å²) in [6.07, 6.45) is 0. The number of aliphatic carboxylic acids is 1. The smallest absolute Gasteiger partial charge is 0.409 e. The van der Waals surface area contributed by atoms with E-state index in [0.717, 1.165) is 0 Å². The van der Waals surface area contributed by atoms with Gasteiger partial charge in [0, 0.05) is 0 Å². The van der Waals surface area contributed by atoms with Gasteiger partial charge in [-0.2, -0.15) is 4.39 Å². The summed E-state index contributed by atoms with van der Waals surface area (Å²) in [5, 5.41) is 13.3. The fraction of sp³-hybridized carbons (Fsp3) is 0. The van der Waals surface area contributed by atoms with Gasteiger partial charge in [0.05, 0.1) is 0 Å². The number of hydrogen-bond donors (Lipinski definition) is 4. The maximum atomic E-state index is 10.6. The Morgan fingerprint density at radius 2 is 1.45 bits per heavy atom. The van der Waals surface area contributed by atoms with Crippen LogP contribution in [0.4, 0.5) is 4.39 Å². The third-order valence-electron chi connectivity index (χ3n) is 0.168. The Morgan fingerprint density at radius 3 is 1.45 bits per heavy atom. The average Bonchev–Trinajstić information content (AvgIpc) is 1.63. The molecular formula is C3H8FN3O4. The van der Waals surface area contributed by atoms with Crippen LogP contribution in [0.5, 0.6) is 0 Å². The Labute approximate surface area is 60.6 Å². The second kappa shape index (κ2) is 8.30. The van der Waals surface area contributed by atoms with Crippen LogP contribution in [-0.2, 0) is 9.59 Å². The quantitative estimate of drug-likeness (QED) is 0.148. The molecular weight excluding hydrogens is 161 g/mol. The molecule has 0 fully saturated rings. The van der Waals surface area contributed by atoms with Crippen LogP contribution in [0, 0.1) is 5.41 Å². The Morgan fingerprint density at radius 1 is 1.36 bits per heavy atom. The van der Waals surface area contributed by atoms with Crippen molar-refractivity contribution in [1.29, 1.82) is 5.41 Å². The summed E-state index contributed by atoms with van der Waals surface area (Å²) in [6, 6.07) is -2.32. The van der Waals surface area contributed by atoms with E-state index in [4.69, 9.17) is 20.1 Å². The molecule has 8 N–H and O–H groups in total. The molecule has 66 valence electrons. The molecule has 0 saturated carbocycles. The SMILES string of the molecule is N=C(N)N.O.O=C(O)C(=O)F. The standard InChI is InChI=1S/C2HFO3.CH5N3.H2O/c3-1(4)2(5)6;2-1(3)4;/h(H,5,6);(H5,2,3,4);1H2. The van der Waals surface area contributed by atoms with E-state index in [1.54, 1.807) is 0 Å². The summed E-state index contributed by atoms with van der Waals surface area (Å²) < 4.78 is 10.6. The van der Waals surface area contributed by atoms with Crippen LogP contribution >= 0.6 is 0 Å². The fourth-order valence-electron chi connectivity index (χ4n) is 0. The van der Waals surface area contributed by atoms with E-state index >= 15 is 0 Å². The Kier molecular flexibility index (Phi) is 12.2. The van der Waals surface area contributed by atoms with E-state index in [1.165, 1.54) is 0 Å². The van der Waals surface area contributed by atoms with Crippen molar-refractivity contribution in [2.24, 2.45) is 11.5 Å². The maximum Gasteiger partial charge on any atom is 0.409 e. The van der Waals surface area contributed by atoms with Crippen LogP contribution in [0.25, 0.3) is 0 Å². The Balaban J connectivity index is -0.000000114. The predicted octanol–water partition coefficient (Wildman–Crippen LogP) is -2.42. The minimum Gasteiger partial charge on any atom is -0.473 e. The summed E-state index contributed by atoms with van der Waals surface area (Å²) >= 11 is 0. The molecule has 0 radical (unpaired) electrons. The number of rotatable bonds is 1. The van der Waals surface area contributed by atoms with E-state index in [0.29, 0.717) is 0 Å². The molecule has 0 unspecified atom stereocenters. The number of hydrogen-bond acceptors (Lipinski definition) is 3. The van der Waals surface area contributed by atoms with Gasteiger partial charge in [-0.05, 0) is 0 Å². The maximum absolute atomic E-state index is 10.6. The van der Waals surface area contributed by atoms with Crippen LogP contribution in [-0.4, -0.2) is 28.5 Å². The zero-order valence-electron chi connectivity index (χ0n) is 5.30. The lowest BCUT2D eigenvalue weighted by atomic mass is 10.8. The average molecular weight is 169 g/mol. The van der Waals surface area contributed by atoms with Crippen molar-refractivity contribution >= 4 is 18.0 Å². The molecule has 0 atom stereocenters. The van der Waals surface area contributed by atoms with Crippen LogP contribution in [0.1, 0.15) is 0 Å². The highest BCUT2D eigenvalue weighted by Gasteiger charge is 2.05. The van der Waals surface area contributed by atoms with Crippen molar-refractivity contribution in [2.75, 3.05) is 0 Å². The zero-order valence-corrected chi connectivity index (χ0v) is 5.30. The van der Waals surface area contributed by atoms with E-state index in [2.05, 4.69) is 11.5 Å². The molecule has 0 aromatic heterocycles. The molecule has 0 aliphatic rings. The normalized spacial score (nSPS) is 6.27. The zero-order chi connectivity index (χ0) is 8.73. The van der Waals surface area contributed by atoms with Crippen LogP contribution in [0.2, 0.25) is 0 Å². The molecule has 0 saturated heterocycles. The number of carboxylic acids is 1. The lowest BCUT2D eigenvalue weighted by molar-refractivity contribution is -0.154. The van der Waals surface area contributed by atoms with E-state index in [-0.39, 0.29) is 11.4 Å². The molecule has 0 aliphatic carbocycles. The van der Waals surface area contributed by atoms with Crippen molar-refractivity contribution in [3.8, 4) is 0 Å². The lowest BCUT2D eigenvalue weighted by Crippen LogP contribution is -2.20. The molecule has 0 aromatic rings. The second-order valence-electron chi connectivity index (χ2n) is 1.03. The number of nitrogens with one attached hydrogen (secondary N) is 1. The van der Waals surface area contributed by atoms with E-state index in [1.807, 2.05) is 0 Å². The molecule has 7 nitrogen and oxygen atoms in total. The molecule has 0 spiro atoms. The summed E-state index contributed by atoms with van der Waals surface area (Å²) in [6.45, 7) is 0. The minimum atomic E-state index is -2.32. The van der Waals surface area contributed by atoms with Gasteiger partial charge in [0.1, 0.15) is 0 Å². The number of guanidine groups is 1. The first kappa shape index (κ1) is 16.1. The number of carbonyl (C=O) groups excluding carboxylic acids is 1. The van der Waals surface area contributed by atoms with Gasteiger partial charge in [0.15, 0.2) is 5.96 Å². The van der Waals surface area contributed by atoms with Gasteiger partial charge in [0.2, 0.25) is 0 Å². The number of nitrogens with two attached hydrogens (primary N) is 2. The minimum absolute atomic E-state index is 0. The monoisotopic (exact) mass is 169 g/mol. The second-order valence-corrected chi connectivity index (χ2v) is 1.03. The molecule has 0 amide bonds. The summed E-state index contributed by atoms with van der Waals surface area (Å²) in [4.78, 5) is 17.9. The predicted molar refractivity (Wildman–Crippen MR) is 33.5 cm³/mol. The number of carboxylic acid groups (broad SMARTS) is 1. The molecule has 0 heterocycles. The third kappa shape index (κ3) is 62.3. The largest absolute Gasteiger partial charge is 0.473 e. The Bertz CT molecular complexity index is 143. The van der Waals surface area contributed by atoms with Gasteiger partial charge in [0.25, 0.3) is 0 Å². The van der Waals surface area contributed by atoms with Gasteiger partial charge >= 0.3 is 12.0 Å². The van der Waals surface area contributed by atoms with Crippen LogP contribution in [0.3, 0.4) is 0 Å². The third-order valence-corrected chi connectivity index (χ3v) is 0.168. The molecule has 0 bridgehead atoms. The van der Waals surface area contributed by atoms with Crippen molar-refractivity contribution in [3.05, 3.63) is 0 Å². The molecule has 0 aromatic carbocycles. The van der Waals surface area contributed by atoms with Crippen molar-refractivity contribution < 1.29 is 24.6 Å². The number of halogens is 1. The van der Waals surface area contributed by atoms with Gasteiger partial charge in [-0.25, -0.2) is 9.59 Å². The van der Waals surface area contributed by atoms with Crippen LogP contribution < -0.4 is 11.5 Å². The highest BCUT2D eigenvalue weighted by atomic mass is 19.1. The summed E-state index contributed by atoms with van der Waals surface area (Å²) in [5.74, 6) is -2.38. The van der Waals surface area contributed by atoms with Crippen LogP contribution in [0.15, 0.2) is 0 Å². The highest BCUT2D eigenvalue weighted by molar-refractivity contribution is 6.28. The molecule has 8 heteroatoms. The summed E-state index contributed by atoms with van der Waals surface area (Å²) in [5.41, 5.74) is 8.94. The lowest BCUT2D eigenvalue weighted by Gasteiger charge is -1.69. The first-order valence-corrected chi connectivity index (χ1v) is 1.90. The van der Waals surface area contributed by atoms with E-state index in [9.17, 15) is 4.39 Å². The topological polar surface area (TPSA) is 162 Å². The summed E-state index contributed by atoms with van der Waals surface area (Å²) in [7, 11) is 0. The first-order chi connectivity index (χ1) is 4.37. The molecule has 0 rings (SSSR count). The Hall–Kier alpha value is -1.70. The highest BCUT2D eigenvalue weighted by Crippen LogP contribution is 1.67. The van der Waals surface area contributed by atoms with Crippen molar-refractivity contribution in [3.63, 3.8) is 0 Å². The van der Waals surface area contributed by atoms with Crippen molar-refractivity contribution in [1.82, 2.24) is 0 Å². The molecule has 0 aliphatic heterocycles.